The van der Waals surface area contributed by atoms with E-state index in [0.717, 1.165) is 60.4 Å². The molecule has 9 heteroatoms. The van der Waals surface area contributed by atoms with Gasteiger partial charge in [0.15, 0.2) is 25.3 Å². The lowest BCUT2D eigenvalue weighted by Gasteiger charge is -2.37. The van der Waals surface area contributed by atoms with E-state index in [0.29, 0.717) is 44.0 Å². The second-order valence-electron chi connectivity index (χ2n) is 9.93. The van der Waals surface area contributed by atoms with E-state index in [9.17, 15) is 9.59 Å². The van der Waals surface area contributed by atoms with Crippen molar-refractivity contribution in [2.24, 2.45) is 0 Å². The molecule has 38 heavy (non-hydrogen) atoms. The third kappa shape index (κ3) is 5.59. The predicted octanol–water partition coefficient (Wildman–Crippen LogP) is 3.42. The zero-order chi connectivity index (χ0) is 26.6. The molecule has 1 aromatic heterocycles. The summed E-state index contributed by atoms with van der Waals surface area (Å²) in [5.74, 6) is 2.18. The molecule has 2 aromatic carbocycles. The summed E-state index contributed by atoms with van der Waals surface area (Å²) in [6, 6.07) is 13.2. The number of piperidine rings is 1. The predicted molar refractivity (Wildman–Crippen MR) is 148 cm³/mol. The first-order valence-corrected chi connectivity index (χ1v) is 13.3. The average molecular weight is 515 g/mol. The van der Waals surface area contributed by atoms with Gasteiger partial charge in [-0.15, -0.1) is 0 Å². The van der Waals surface area contributed by atoms with Crippen molar-refractivity contribution in [3.63, 3.8) is 0 Å². The minimum Gasteiger partial charge on any atom is -0.497 e. The van der Waals surface area contributed by atoms with Gasteiger partial charge in [-0.05, 0) is 55.8 Å². The van der Waals surface area contributed by atoms with Gasteiger partial charge in [-0.25, -0.2) is 0 Å². The number of carbonyl (C=O) groups is 1. The number of rotatable bonds is 9. The fourth-order valence-corrected chi connectivity index (χ4v) is 5.39. The minimum atomic E-state index is -0.0805. The second kappa shape index (κ2) is 11.6. The first-order valence-electron chi connectivity index (χ1n) is 13.3. The number of aromatic nitrogens is 1. The standard InChI is InChI=1S/C29H34BN3O5/c1-3-26(34)24-17-22(36-2)18-25-23(24)5-7-29(35)32(25)13-12-31-10-8-21(9-11-31)33(30)19-20-4-6-27-28(16-20)38-15-14-37-27/h4-7,16-18,21H,3,8-15,19H2,1-2H3. The van der Waals surface area contributed by atoms with E-state index in [1.807, 2.05) is 36.0 Å². The summed E-state index contributed by atoms with van der Waals surface area (Å²) in [4.78, 5) is 29.7. The van der Waals surface area contributed by atoms with Crippen LogP contribution in [0.3, 0.4) is 0 Å². The van der Waals surface area contributed by atoms with Crippen LogP contribution < -0.4 is 19.8 Å². The van der Waals surface area contributed by atoms with Gasteiger partial charge in [0.2, 0.25) is 0 Å². The van der Waals surface area contributed by atoms with E-state index in [2.05, 4.69) is 4.90 Å². The Morgan fingerprint density at radius 1 is 1.05 bits per heavy atom. The number of ether oxygens (including phenoxy) is 3. The van der Waals surface area contributed by atoms with Gasteiger partial charge in [0.05, 0.1) is 12.6 Å². The van der Waals surface area contributed by atoms with Crippen LogP contribution in [-0.4, -0.2) is 74.0 Å². The fourth-order valence-electron chi connectivity index (χ4n) is 5.39. The molecule has 3 aromatic rings. The average Bonchev–Trinajstić information content (AvgIpc) is 2.95. The highest BCUT2D eigenvalue weighted by atomic mass is 16.6. The van der Waals surface area contributed by atoms with E-state index in [-0.39, 0.29) is 17.4 Å². The molecule has 1 fully saturated rings. The number of nitrogens with zero attached hydrogens (tertiary/aromatic N) is 3. The van der Waals surface area contributed by atoms with Crippen molar-refractivity contribution in [2.75, 3.05) is 40.0 Å². The van der Waals surface area contributed by atoms with Gasteiger partial charge in [-0.3, -0.25) is 9.59 Å². The van der Waals surface area contributed by atoms with Gasteiger partial charge in [0.25, 0.3) is 5.56 Å². The number of pyridine rings is 1. The second-order valence-corrected chi connectivity index (χ2v) is 9.93. The minimum absolute atomic E-state index is 0.0313. The summed E-state index contributed by atoms with van der Waals surface area (Å²) in [6.45, 7) is 6.72. The van der Waals surface area contributed by atoms with Crippen LogP contribution in [0.1, 0.15) is 42.1 Å². The summed E-state index contributed by atoms with van der Waals surface area (Å²) < 4.78 is 18.5. The Hall–Kier alpha value is -3.30. The van der Waals surface area contributed by atoms with Crippen molar-refractivity contribution in [3.8, 4) is 17.2 Å². The van der Waals surface area contributed by atoms with Crippen LogP contribution in [0.4, 0.5) is 0 Å². The highest BCUT2D eigenvalue weighted by Crippen LogP contribution is 2.31. The van der Waals surface area contributed by atoms with Gasteiger partial charge < -0.3 is 28.5 Å². The summed E-state index contributed by atoms with van der Waals surface area (Å²) in [6.07, 6.45) is 2.30. The SMILES string of the molecule is [B]N(Cc1ccc2c(c1)OCCO2)C1CCN(CCn2c(=O)ccc3c(C(=O)CC)cc(OC)cc32)CC1. The Balaban J connectivity index is 1.21. The molecule has 0 spiro atoms. The number of carbonyl (C=O) groups excluding carboxylic acids is 1. The molecule has 3 heterocycles. The zero-order valence-corrected chi connectivity index (χ0v) is 22.2. The quantitative estimate of drug-likeness (QED) is 0.320. The van der Waals surface area contributed by atoms with Gasteiger partial charge in [0, 0.05) is 55.2 Å². The summed E-state index contributed by atoms with van der Waals surface area (Å²) in [5.41, 5.74) is 2.35. The third-order valence-corrected chi connectivity index (χ3v) is 7.58. The van der Waals surface area contributed by atoms with Gasteiger partial charge in [-0.2, -0.15) is 0 Å². The largest absolute Gasteiger partial charge is 0.497 e. The van der Waals surface area contributed by atoms with Gasteiger partial charge in [-0.1, -0.05) is 13.0 Å². The molecule has 0 N–H and O–H groups in total. The number of fused-ring (bicyclic) bond motifs is 2. The molecule has 8 nitrogen and oxygen atoms in total. The first kappa shape index (κ1) is 26.3. The number of ketones is 1. The van der Waals surface area contributed by atoms with Crippen LogP contribution in [0, 0.1) is 0 Å². The molecule has 2 radical (unpaired) electrons. The van der Waals surface area contributed by atoms with Gasteiger partial charge >= 0.3 is 0 Å². The number of methoxy groups -OCH3 is 1. The molecule has 0 bridgehead atoms. The number of Topliss-reactive ketones (excluding diaryl/α,β-unsaturated/α-hetero) is 1. The maximum Gasteiger partial charge on any atom is 0.251 e. The summed E-state index contributed by atoms with van der Waals surface area (Å²) in [7, 11) is 8.06. The Bertz CT molecular complexity index is 1370. The lowest BCUT2D eigenvalue weighted by Crippen LogP contribution is -2.44. The Morgan fingerprint density at radius 3 is 2.55 bits per heavy atom. The zero-order valence-electron chi connectivity index (χ0n) is 22.2. The number of benzene rings is 2. The highest BCUT2D eigenvalue weighted by molar-refractivity contribution is 6.08. The van der Waals surface area contributed by atoms with E-state index in [1.165, 1.54) is 0 Å². The molecule has 0 aliphatic carbocycles. The molecule has 0 saturated carbocycles. The lowest BCUT2D eigenvalue weighted by molar-refractivity contribution is 0.0989. The van der Waals surface area contributed by atoms with Crippen LogP contribution >= 0.6 is 0 Å². The molecule has 2 aliphatic rings. The first-order chi connectivity index (χ1) is 18.5. The number of hydrogen-bond donors (Lipinski definition) is 0. The molecule has 198 valence electrons. The Labute approximate surface area is 224 Å². The fraction of sp³-hybridized carbons (Fsp3) is 0.448. The van der Waals surface area contributed by atoms with E-state index < -0.39 is 0 Å². The van der Waals surface area contributed by atoms with E-state index >= 15 is 0 Å². The maximum atomic E-state index is 12.8. The Morgan fingerprint density at radius 2 is 1.82 bits per heavy atom. The summed E-state index contributed by atoms with van der Waals surface area (Å²) in [5, 5.41) is 0.786. The van der Waals surface area contributed by atoms with Gasteiger partial charge in [0.1, 0.15) is 19.0 Å². The molecular weight excluding hydrogens is 481 g/mol. The maximum absolute atomic E-state index is 12.8. The van der Waals surface area contributed by atoms with Crippen LogP contribution in [0.2, 0.25) is 0 Å². The van der Waals surface area contributed by atoms with Crippen molar-refractivity contribution in [3.05, 3.63) is 63.9 Å². The molecular formula is C29H34BN3O5. The molecule has 0 atom stereocenters. The number of likely N-dealkylation sites (tertiary alicyclic amines) is 1. The van der Waals surface area contributed by atoms with E-state index in [4.69, 9.17) is 22.2 Å². The summed E-state index contributed by atoms with van der Waals surface area (Å²) >= 11 is 0. The smallest absolute Gasteiger partial charge is 0.251 e. The lowest BCUT2D eigenvalue weighted by atomic mass is 9.98. The molecule has 5 rings (SSSR count). The Kier molecular flexibility index (Phi) is 8.05. The highest BCUT2D eigenvalue weighted by Gasteiger charge is 2.23. The normalized spacial score (nSPS) is 16.2. The van der Waals surface area contributed by atoms with Crippen LogP contribution in [0.25, 0.3) is 10.9 Å². The molecule has 0 amide bonds. The van der Waals surface area contributed by atoms with E-state index in [1.54, 1.807) is 29.9 Å². The third-order valence-electron chi connectivity index (χ3n) is 7.58. The molecule has 0 unspecified atom stereocenters. The van der Waals surface area contributed by atoms with Crippen molar-refractivity contribution in [1.82, 2.24) is 14.3 Å². The molecule has 1 saturated heterocycles. The van der Waals surface area contributed by atoms with Crippen molar-refractivity contribution in [1.29, 1.82) is 0 Å². The van der Waals surface area contributed by atoms with Crippen molar-refractivity contribution < 1.29 is 19.0 Å². The van der Waals surface area contributed by atoms with Crippen molar-refractivity contribution >= 4 is 24.7 Å². The van der Waals surface area contributed by atoms with Crippen LogP contribution in [0.5, 0.6) is 17.2 Å². The number of hydrogen-bond acceptors (Lipinski definition) is 7. The molecule has 2 aliphatic heterocycles. The monoisotopic (exact) mass is 515 g/mol. The topological polar surface area (TPSA) is 73.2 Å². The van der Waals surface area contributed by atoms with Crippen LogP contribution in [0.15, 0.2) is 47.3 Å². The van der Waals surface area contributed by atoms with Crippen molar-refractivity contribution in [2.45, 2.75) is 45.3 Å². The van der Waals surface area contributed by atoms with Crippen LogP contribution in [-0.2, 0) is 13.1 Å².